The summed E-state index contributed by atoms with van der Waals surface area (Å²) in [4.78, 5) is 63.1. The van der Waals surface area contributed by atoms with Crippen LogP contribution in [-0.2, 0) is 20.6 Å². The Morgan fingerprint density at radius 1 is 0.898 bits per heavy atom. The van der Waals surface area contributed by atoms with Crippen LogP contribution in [0.2, 0.25) is 0 Å². The first-order valence-corrected chi connectivity index (χ1v) is 19.6. The van der Waals surface area contributed by atoms with Crippen LogP contribution in [-0.4, -0.2) is 102 Å². The van der Waals surface area contributed by atoms with Gasteiger partial charge >= 0.3 is 6.18 Å². The zero-order valence-electron chi connectivity index (χ0n) is 32.8. The second-order valence-electron chi connectivity index (χ2n) is 14.9. The molecule has 1 unspecified atom stereocenters. The van der Waals surface area contributed by atoms with Gasteiger partial charge in [-0.15, -0.1) is 0 Å². The fourth-order valence-corrected chi connectivity index (χ4v) is 7.61. The number of likely N-dealkylation sites (tertiary alicyclic amines) is 1. The summed E-state index contributed by atoms with van der Waals surface area (Å²) in [6.07, 6.45) is -1.37. The third-order valence-corrected chi connectivity index (χ3v) is 11.0. The van der Waals surface area contributed by atoms with Crippen LogP contribution >= 0.6 is 0 Å². The van der Waals surface area contributed by atoms with Crippen LogP contribution in [0.15, 0.2) is 72.9 Å². The molecule has 3 aromatic carbocycles. The number of halogens is 3. The van der Waals surface area contributed by atoms with Gasteiger partial charge in [0.15, 0.2) is 5.78 Å². The lowest BCUT2D eigenvalue weighted by molar-refractivity contribution is -0.137. The highest BCUT2D eigenvalue weighted by molar-refractivity contribution is 6.01. The molecule has 59 heavy (non-hydrogen) atoms. The number of Topliss-reactive ketones (excluding diaryl/α,β-unsaturated/α-hetero) is 1. The first-order chi connectivity index (χ1) is 28.3. The van der Waals surface area contributed by atoms with E-state index in [2.05, 4.69) is 53.2 Å². The summed E-state index contributed by atoms with van der Waals surface area (Å²) >= 11 is 0. The first kappa shape index (κ1) is 40.9. The molecule has 0 bridgehead atoms. The van der Waals surface area contributed by atoms with E-state index in [0.717, 1.165) is 37.3 Å². The Hall–Kier alpha value is -6.23. The highest BCUT2D eigenvalue weighted by atomic mass is 19.4. The third kappa shape index (κ3) is 10.1. The number of nitrogens with zero attached hydrogens (tertiary/aromatic N) is 5. The van der Waals surface area contributed by atoms with E-state index in [0.29, 0.717) is 74.7 Å². The van der Waals surface area contributed by atoms with E-state index >= 15 is 0 Å². The van der Waals surface area contributed by atoms with E-state index in [9.17, 15) is 32.3 Å². The fraction of sp³-hybridized carbons (Fsp3) is 0.381. The smallest absolute Gasteiger partial charge is 0.421 e. The molecular weight excluding hydrogens is 768 g/mol. The summed E-state index contributed by atoms with van der Waals surface area (Å²) in [6.45, 7) is 5.71. The number of hydrogen-bond donors (Lipinski definition) is 4. The van der Waals surface area contributed by atoms with Crippen molar-refractivity contribution in [3.63, 3.8) is 0 Å². The minimum absolute atomic E-state index is 0.0964. The Labute approximate surface area is 339 Å². The number of carbonyl (C=O) groups excluding carboxylic acids is 4. The average molecular weight is 814 g/mol. The van der Waals surface area contributed by atoms with Gasteiger partial charge in [-0.2, -0.15) is 18.2 Å². The summed E-state index contributed by atoms with van der Waals surface area (Å²) in [5.74, 6) is -0.430. The zero-order valence-corrected chi connectivity index (χ0v) is 32.8. The lowest BCUT2D eigenvalue weighted by Crippen LogP contribution is -2.51. The third-order valence-electron chi connectivity index (χ3n) is 11.0. The highest BCUT2D eigenvalue weighted by Gasteiger charge is 2.36. The molecule has 1 atom stereocenters. The molecule has 3 amide bonds. The molecular formula is C42H46F3N9O5. The number of aromatic nitrogens is 2. The number of methoxy groups -OCH3 is 1. The van der Waals surface area contributed by atoms with Crippen LogP contribution in [0.5, 0.6) is 5.75 Å². The maximum Gasteiger partial charge on any atom is 0.421 e. The molecule has 0 radical (unpaired) electrons. The van der Waals surface area contributed by atoms with E-state index in [1.807, 2.05) is 29.2 Å². The van der Waals surface area contributed by atoms with Crippen LogP contribution < -0.4 is 30.9 Å². The van der Waals surface area contributed by atoms with Gasteiger partial charge in [-0.05, 0) is 87.2 Å². The number of amides is 3. The molecule has 0 spiro atoms. The first-order valence-electron chi connectivity index (χ1n) is 19.6. The lowest BCUT2D eigenvalue weighted by Gasteiger charge is -2.38. The predicted octanol–water partition coefficient (Wildman–Crippen LogP) is 5.94. The van der Waals surface area contributed by atoms with Crippen LogP contribution in [0.4, 0.5) is 47.7 Å². The number of piperazine rings is 1. The number of anilines is 6. The van der Waals surface area contributed by atoms with Crippen molar-refractivity contribution in [3.8, 4) is 5.75 Å². The van der Waals surface area contributed by atoms with Crippen LogP contribution in [0.1, 0.15) is 60.0 Å². The largest absolute Gasteiger partial charge is 0.494 e. The molecule has 4 N–H and O–H groups in total. The van der Waals surface area contributed by atoms with Crippen molar-refractivity contribution < 1.29 is 37.1 Å². The van der Waals surface area contributed by atoms with Crippen molar-refractivity contribution in [3.05, 3.63) is 89.6 Å². The van der Waals surface area contributed by atoms with Gasteiger partial charge in [0.05, 0.1) is 19.3 Å². The molecule has 3 saturated heterocycles. The van der Waals surface area contributed by atoms with Gasteiger partial charge < -0.3 is 30.5 Å². The maximum absolute atomic E-state index is 13.9. The standard InChI is InChI=1S/C42H46F3N9O5/c1-26(55)29-4-3-5-31(22-29)48-39-33(42(43,44)45)24-46-41(51-39)49-34-11-10-32(23-36(34)59-2)53-18-20-54(21-19-53)38(57)25-52-16-14-28(15-17-52)27-6-8-30(9-7-27)47-35-12-13-37(56)50-40(35)58/h3-11,22-24,28,35,47H,12-21,25H2,1-2H3,(H,50,56,58)(H2,46,48,49,51). The van der Waals surface area contributed by atoms with E-state index < -0.39 is 23.6 Å². The summed E-state index contributed by atoms with van der Waals surface area (Å²) in [6, 6.07) is 19.3. The quantitative estimate of drug-likeness (QED) is 0.0987. The van der Waals surface area contributed by atoms with Crippen LogP contribution in [0, 0.1) is 0 Å². The molecule has 14 nitrogen and oxygen atoms in total. The molecule has 310 valence electrons. The number of ketones is 1. The number of alkyl halides is 3. The van der Waals surface area contributed by atoms with Gasteiger partial charge in [-0.1, -0.05) is 24.3 Å². The number of rotatable bonds is 12. The topological polar surface area (TPSA) is 161 Å². The Morgan fingerprint density at radius 3 is 2.32 bits per heavy atom. The van der Waals surface area contributed by atoms with Crippen molar-refractivity contribution in [2.45, 2.75) is 50.7 Å². The predicted molar refractivity (Wildman–Crippen MR) is 216 cm³/mol. The molecule has 0 aliphatic carbocycles. The van der Waals surface area contributed by atoms with E-state index in [-0.39, 0.29) is 35.1 Å². The van der Waals surface area contributed by atoms with Gasteiger partial charge in [0.2, 0.25) is 23.7 Å². The Bertz CT molecular complexity index is 2190. The molecule has 7 rings (SSSR count). The zero-order chi connectivity index (χ0) is 41.7. The Morgan fingerprint density at radius 2 is 1.64 bits per heavy atom. The van der Waals surface area contributed by atoms with Gasteiger partial charge in [0.1, 0.15) is 23.2 Å². The second kappa shape index (κ2) is 17.7. The van der Waals surface area contributed by atoms with Crippen molar-refractivity contribution in [2.24, 2.45) is 0 Å². The van der Waals surface area contributed by atoms with Gasteiger partial charge in [0, 0.05) is 67.5 Å². The summed E-state index contributed by atoms with van der Waals surface area (Å²) in [5.41, 5.74) is 2.91. The van der Waals surface area contributed by atoms with Crippen LogP contribution in [0.3, 0.4) is 0 Å². The average Bonchev–Trinajstić information content (AvgIpc) is 3.22. The molecule has 3 aliphatic heterocycles. The number of nitrogens with one attached hydrogen (secondary N) is 4. The number of benzene rings is 3. The molecule has 4 aromatic rings. The molecule has 17 heteroatoms. The molecule has 1 aromatic heterocycles. The number of carbonyl (C=O) groups is 4. The van der Waals surface area contributed by atoms with Gasteiger partial charge in [-0.3, -0.25) is 29.4 Å². The number of imide groups is 1. The maximum atomic E-state index is 13.9. The summed E-state index contributed by atoms with van der Waals surface area (Å²) in [5, 5.41) is 11.2. The van der Waals surface area contributed by atoms with Crippen molar-refractivity contribution >= 4 is 58.0 Å². The number of ether oxygens (including phenoxy) is 1. The van der Waals surface area contributed by atoms with E-state index in [1.54, 1.807) is 24.3 Å². The SMILES string of the molecule is COc1cc(N2CCN(C(=O)CN3CCC(c4ccc(NC5CCC(=O)NC5=O)cc4)CC3)CC2)ccc1Nc1ncc(C(F)(F)F)c(Nc2cccc(C(C)=O)c2)n1. The lowest BCUT2D eigenvalue weighted by atomic mass is 9.89. The normalized spacial score (nSPS) is 17.9. The monoisotopic (exact) mass is 813 g/mol. The molecule has 0 saturated carbocycles. The molecule has 4 heterocycles. The Kier molecular flexibility index (Phi) is 12.3. The number of piperidine rings is 2. The minimum atomic E-state index is -4.73. The van der Waals surface area contributed by atoms with Gasteiger partial charge in [-0.25, -0.2) is 4.98 Å². The fourth-order valence-electron chi connectivity index (χ4n) is 7.61. The second-order valence-corrected chi connectivity index (χ2v) is 14.9. The minimum Gasteiger partial charge on any atom is -0.494 e. The summed E-state index contributed by atoms with van der Waals surface area (Å²) in [7, 11) is 1.49. The van der Waals surface area contributed by atoms with Gasteiger partial charge in [0.25, 0.3) is 0 Å². The van der Waals surface area contributed by atoms with Crippen LogP contribution in [0.25, 0.3) is 0 Å². The Balaban J connectivity index is 0.897. The molecule has 3 fully saturated rings. The number of hydrogen-bond acceptors (Lipinski definition) is 12. The van der Waals surface area contributed by atoms with Crippen molar-refractivity contribution in [1.29, 1.82) is 0 Å². The van der Waals surface area contributed by atoms with Crippen molar-refractivity contribution in [2.75, 3.05) is 73.8 Å². The molecule has 3 aliphatic rings. The van der Waals surface area contributed by atoms with E-state index in [1.165, 1.54) is 25.7 Å². The summed E-state index contributed by atoms with van der Waals surface area (Å²) < 4.78 is 47.4. The van der Waals surface area contributed by atoms with E-state index in [4.69, 9.17) is 4.74 Å². The highest BCUT2D eigenvalue weighted by Crippen LogP contribution is 2.37. The van der Waals surface area contributed by atoms with Crippen molar-refractivity contribution in [1.82, 2.24) is 25.1 Å².